The Hall–Kier alpha value is -3.58. The number of carbonyl (C=O) groups excluding carboxylic acids is 2. The predicted molar refractivity (Wildman–Crippen MR) is 97.4 cm³/mol. The molecule has 0 N–H and O–H groups in total. The Bertz CT molecular complexity index is 865. The molecule has 27 heavy (non-hydrogen) atoms. The van der Waals surface area contributed by atoms with Crippen molar-refractivity contribution in [3.05, 3.63) is 42.5 Å². The summed E-state index contributed by atoms with van der Waals surface area (Å²) in [5, 5.41) is 19.3. The van der Waals surface area contributed by atoms with E-state index >= 15 is 0 Å². The fourth-order valence-corrected chi connectivity index (χ4v) is 2.41. The number of benzene rings is 2. The minimum atomic E-state index is -0.669. The lowest BCUT2D eigenvalue weighted by molar-refractivity contribution is -0.153. The summed E-state index contributed by atoms with van der Waals surface area (Å²) in [6.07, 6.45) is 0.298. The fraction of sp³-hybridized carbons (Fsp3) is 0.300. The molecule has 0 bridgehead atoms. The Kier molecular flexibility index (Phi) is 7.62. The highest BCUT2D eigenvalue weighted by Gasteiger charge is 2.15. The molecule has 1 amide bonds. The number of carbonyl (C=O) groups is 2. The maximum Gasteiger partial charge on any atom is 0.344 e. The summed E-state index contributed by atoms with van der Waals surface area (Å²) in [6, 6.07) is 17.1. The van der Waals surface area contributed by atoms with E-state index in [4.69, 9.17) is 20.0 Å². The molecule has 0 aliphatic rings. The Balaban J connectivity index is 1.80. The SMILES string of the molecule is N#CCCN(CCC#N)C(=O)COC(=O)COc1ccc2ccccc2c1. The van der Waals surface area contributed by atoms with Gasteiger partial charge in [0.15, 0.2) is 13.2 Å². The molecule has 0 heterocycles. The molecule has 0 saturated carbocycles. The van der Waals surface area contributed by atoms with E-state index in [1.165, 1.54) is 4.90 Å². The van der Waals surface area contributed by atoms with E-state index < -0.39 is 18.5 Å². The maximum absolute atomic E-state index is 12.1. The highest BCUT2D eigenvalue weighted by molar-refractivity contribution is 5.84. The Labute approximate surface area is 157 Å². The highest BCUT2D eigenvalue weighted by atomic mass is 16.6. The highest BCUT2D eigenvalue weighted by Crippen LogP contribution is 2.20. The van der Waals surface area contributed by atoms with E-state index in [2.05, 4.69) is 0 Å². The lowest BCUT2D eigenvalue weighted by Gasteiger charge is -2.20. The number of fused-ring (bicyclic) bond motifs is 1. The molecule has 0 unspecified atom stereocenters. The van der Waals surface area contributed by atoms with Gasteiger partial charge in [-0.25, -0.2) is 4.79 Å². The average molecular weight is 365 g/mol. The summed E-state index contributed by atoms with van der Waals surface area (Å²) in [6.45, 7) is -0.372. The van der Waals surface area contributed by atoms with E-state index in [-0.39, 0.29) is 32.5 Å². The topological polar surface area (TPSA) is 103 Å². The lowest BCUT2D eigenvalue weighted by Crippen LogP contribution is -2.36. The summed E-state index contributed by atoms with van der Waals surface area (Å²) in [5.74, 6) is -0.585. The summed E-state index contributed by atoms with van der Waals surface area (Å²) in [7, 11) is 0. The van der Waals surface area contributed by atoms with E-state index in [0.717, 1.165) is 10.8 Å². The summed E-state index contributed by atoms with van der Waals surface area (Å²) in [5.41, 5.74) is 0. The van der Waals surface area contributed by atoms with Gasteiger partial charge in [0.05, 0.1) is 25.0 Å². The van der Waals surface area contributed by atoms with Crippen LogP contribution in [0.5, 0.6) is 5.75 Å². The predicted octanol–water partition coefficient (Wildman–Crippen LogP) is 2.42. The third-order valence-electron chi connectivity index (χ3n) is 3.77. The molecular formula is C20H19N3O4. The number of hydrogen-bond acceptors (Lipinski definition) is 6. The molecule has 0 spiro atoms. The fourth-order valence-electron chi connectivity index (χ4n) is 2.41. The van der Waals surface area contributed by atoms with Crippen LogP contribution in [0.3, 0.4) is 0 Å². The minimum Gasteiger partial charge on any atom is -0.482 e. The standard InChI is InChI=1S/C20H19N3O4/c21-9-3-11-23(12-4-10-22)19(24)14-27-20(25)15-26-18-8-7-16-5-1-2-6-17(16)13-18/h1-2,5-8,13H,3-4,11-12,14-15H2. The second-order valence-electron chi connectivity index (χ2n) is 5.66. The van der Waals surface area contributed by atoms with Crippen LogP contribution < -0.4 is 4.74 Å². The van der Waals surface area contributed by atoms with Crippen molar-refractivity contribution in [1.29, 1.82) is 10.5 Å². The van der Waals surface area contributed by atoms with Crippen molar-refractivity contribution in [2.45, 2.75) is 12.8 Å². The molecule has 7 nitrogen and oxygen atoms in total. The zero-order valence-electron chi connectivity index (χ0n) is 14.8. The molecule has 138 valence electrons. The third kappa shape index (κ3) is 6.33. The zero-order chi connectivity index (χ0) is 19.5. The van der Waals surface area contributed by atoms with E-state index in [1.54, 1.807) is 6.07 Å². The van der Waals surface area contributed by atoms with Gasteiger partial charge in [0, 0.05) is 13.1 Å². The number of nitriles is 2. The van der Waals surface area contributed by atoms with Gasteiger partial charge in [0.25, 0.3) is 5.91 Å². The van der Waals surface area contributed by atoms with Gasteiger partial charge in [0.2, 0.25) is 0 Å². The second kappa shape index (κ2) is 10.4. The van der Waals surface area contributed by atoms with Crippen LogP contribution in [0.1, 0.15) is 12.8 Å². The summed E-state index contributed by atoms with van der Waals surface area (Å²) < 4.78 is 10.3. The molecule has 7 heteroatoms. The van der Waals surface area contributed by atoms with Crippen LogP contribution in [0.2, 0.25) is 0 Å². The van der Waals surface area contributed by atoms with Crippen LogP contribution in [-0.4, -0.2) is 43.1 Å². The molecule has 0 fully saturated rings. The van der Waals surface area contributed by atoms with Crippen molar-refractivity contribution >= 4 is 22.6 Å². The Morgan fingerprint density at radius 2 is 1.59 bits per heavy atom. The summed E-state index contributed by atoms with van der Waals surface area (Å²) in [4.78, 5) is 25.2. The van der Waals surface area contributed by atoms with Gasteiger partial charge in [-0.15, -0.1) is 0 Å². The lowest BCUT2D eigenvalue weighted by atomic mass is 10.1. The number of nitrogens with zero attached hydrogens (tertiary/aromatic N) is 3. The number of amides is 1. The van der Waals surface area contributed by atoms with Gasteiger partial charge >= 0.3 is 5.97 Å². The molecule has 0 radical (unpaired) electrons. The first-order chi connectivity index (χ1) is 13.1. The van der Waals surface area contributed by atoms with E-state index in [1.807, 2.05) is 48.5 Å². The van der Waals surface area contributed by atoms with Crippen molar-refractivity contribution in [3.63, 3.8) is 0 Å². The van der Waals surface area contributed by atoms with Gasteiger partial charge in [-0.3, -0.25) is 4.79 Å². The summed E-state index contributed by atoms with van der Waals surface area (Å²) >= 11 is 0. The number of ether oxygens (including phenoxy) is 2. The van der Waals surface area contributed by atoms with Crippen LogP contribution in [-0.2, 0) is 14.3 Å². The van der Waals surface area contributed by atoms with E-state index in [0.29, 0.717) is 5.75 Å². The quantitative estimate of drug-likeness (QED) is 0.632. The van der Waals surface area contributed by atoms with E-state index in [9.17, 15) is 9.59 Å². The van der Waals surface area contributed by atoms with Crippen LogP contribution in [0, 0.1) is 22.7 Å². The number of esters is 1. The van der Waals surface area contributed by atoms with Crippen molar-refractivity contribution in [1.82, 2.24) is 4.90 Å². The van der Waals surface area contributed by atoms with Crippen LogP contribution in [0.25, 0.3) is 10.8 Å². The zero-order valence-corrected chi connectivity index (χ0v) is 14.8. The van der Waals surface area contributed by atoms with Gasteiger partial charge in [-0.2, -0.15) is 10.5 Å². The molecule has 2 rings (SSSR count). The number of rotatable bonds is 9. The first-order valence-electron chi connectivity index (χ1n) is 8.43. The molecule has 0 atom stereocenters. The molecule has 0 saturated heterocycles. The van der Waals surface area contributed by atoms with Crippen molar-refractivity contribution in [3.8, 4) is 17.9 Å². The van der Waals surface area contributed by atoms with Gasteiger partial charge < -0.3 is 14.4 Å². The average Bonchev–Trinajstić information content (AvgIpc) is 2.70. The van der Waals surface area contributed by atoms with Crippen LogP contribution in [0.15, 0.2) is 42.5 Å². The molecule has 2 aromatic rings. The second-order valence-corrected chi connectivity index (χ2v) is 5.66. The monoisotopic (exact) mass is 365 g/mol. The van der Waals surface area contributed by atoms with Gasteiger partial charge in [-0.1, -0.05) is 30.3 Å². The first kappa shape index (κ1) is 19.7. The maximum atomic E-state index is 12.1. The van der Waals surface area contributed by atoms with Gasteiger partial charge in [-0.05, 0) is 22.9 Å². The minimum absolute atomic E-state index is 0.149. The van der Waals surface area contributed by atoms with Crippen molar-refractivity contribution in [2.24, 2.45) is 0 Å². The van der Waals surface area contributed by atoms with Crippen LogP contribution >= 0.6 is 0 Å². The molecule has 0 aliphatic carbocycles. The smallest absolute Gasteiger partial charge is 0.344 e. The normalized spacial score (nSPS) is 9.85. The van der Waals surface area contributed by atoms with Crippen molar-refractivity contribution in [2.75, 3.05) is 26.3 Å². The molecule has 0 aliphatic heterocycles. The molecule has 0 aromatic heterocycles. The number of hydrogen-bond donors (Lipinski definition) is 0. The van der Waals surface area contributed by atoms with Gasteiger partial charge in [0.1, 0.15) is 5.75 Å². The largest absolute Gasteiger partial charge is 0.482 e. The Morgan fingerprint density at radius 3 is 2.26 bits per heavy atom. The Morgan fingerprint density at radius 1 is 0.926 bits per heavy atom. The third-order valence-corrected chi connectivity index (χ3v) is 3.77. The molecule has 2 aromatic carbocycles. The van der Waals surface area contributed by atoms with Crippen molar-refractivity contribution < 1.29 is 19.1 Å². The first-order valence-corrected chi connectivity index (χ1v) is 8.43. The van der Waals surface area contributed by atoms with Crippen LogP contribution in [0.4, 0.5) is 0 Å². The molecular weight excluding hydrogens is 346 g/mol.